The van der Waals surface area contributed by atoms with Crippen LogP contribution in [0.25, 0.3) is 0 Å². The van der Waals surface area contributed by atoms with Crippen molar-refractivity contribution in [3.05, 3.63) is 34.1 Å². The molecule has 1 nitrogen and oxygen atoms in total. The zero-order valence-corrected chi connectivity index (χ0v) is 9.24. The van der Waals surface area contributed by atoms with Crippen molar-refractivity contribution < 1.29 is 4.39 Å². The molecule has 0 heterocycles. The summed E-state index contributed by atoms with van der Waals surface area (Å²) < 4.78 is 13.4. The minimum atomic E-state index is -0.304. The third kappa shape index (κ3) is 2.46. The largest absolute Gasteiger partial charge is 0.324 e. The molecule has 78 valence electrons. The van der Waals surface area contributed by atoms with Crippen molar-refractivity contribution in [3.8, 4) is 0 Å². The Hall–Kier alpha value is -0.600. The maximum Gasteiger partial charge on any atom is 0.129 e. The lowest BCUT2D eigenvalue weighted by atomic mass is 10.0. The summed E-state index contributed by atoms with van der Waals surface area (Å²) in [6.07, 6.45) is 1.74. The number of benzene rings is 1. The van der Waals surface area contributed by atoms with E-state index in [1.165, 1.54) is 6.07 Å². The van der Waals surface area contributed by atoms with Gasteiger partial charge in [-0.1, -0.05) is 31.0 Å². The summed E-state index contributed by atoms with van der Waals surface area (Å²) in [5.41, 5.74) is 7.28. The lowest BCUT2D eigenvalue weighted by molar-refractivity contribution is 0.559. The monoisotopic (exact) mass is 215 g/mol. The first kappa shape index (κ1) is 11.5. The van der Waals surface area contributed by atoms with E-state index in [1.807, 2.05) is 13.8 Å². The molecule has 2 N–H and O–H groups in total. The lowest BCUT2D eigenvalue weighted by Gasteiger charge is -2.13. The van der Waals surface area contributed by atoms with E-state index in [-0.39, 0.29) is 11.9 Å². The summed E-state index contributed by atoms with van der Waals surface area (Å²) in [7, 11) is 0. The van der Waals surface area contributed by atoms with Crippen LogP contribution in [0.5, 0.6) is 0 Å². The highest BCUT2D eigenvalue weighted by atomic mass is 35.5. The molecule has 0 bridgehead atoms. The molecule has 1 atom stereocenters. The van der Waals surface area contributed by atoms with E-state index in [4.69, 9.17) is 17.3 Å². The van der Waals surface area contributed by atoms with Crippen LogP contribution in [0.4, 0.5) is 4.39 Å². The van der Waals surface area contributed by atoms with Gasteiger partial charge in [-0.2, -0.15) is 0 Å². The van der Waals surface area contributed by atoms with Crippen molar-refractivity contribution >= 4 is 11.6 Å². The molecule has 1 aromatic carbocycles. The van der Waals surface area contributed by atoms with Gasteiger partial charge in [-0.15, -0.1) is 0 Å². The number of nitrogens with two attached hydrogens (primary N) is 1. The average molecular weight is 216 g/mol. The first-order valence-electron chi connectivity index (χ1n) is 4.77. The average Bonchev–Trinajstić information content (AvgIpc) is 2.11. The van der Waals surface area contributed by atoms with E-state index >= 15 is 0 Å². The second-order valence-electron chi connectivity index (χ2n) is 3.52. The van der Waals surface area contributed by atoms with Crippen molar-refractivity contribution in [2.75, 3.05) is 0 Å². The second-order valence-corrected chi connectivity index (χ2v) is 3.93. The molecular weight excluding hydrogens is 201 g/mol. The molecule has 0 radical (unpaired) electrons. The Morgan fingerprint density at radius 2 is 2.14 bits per heavy atom. The van der Waals surface area contributed by atoms with Gasteiger partial charge in [-0.25, -0.2) is 4.39 Å². The molecule has 0 fully saturated rings. The molecule has 0 aromatic heterocycles. The molecule has 0 saturated carbocycles. The van der Waals surface area contributed by atoms with Crippen LogP contribution in [-0.2, 0) is 0 Å². The standard InChI is InChI=1S/C11H15ClFN/c1-3-4-11(14)8-5-7(2)9(12)6-10(8)13/h5-6,11H,3-4,14H2,1-2H3/t11-/m0/s1. The quantitative estimate of drug-likeness (QED) is 0.820. The van der Waals surface area contributed by atoms with Gasteiger partial charge in [0.2, 0.25) is 0 Å². The van der Waals surface area contributed by atoms with Crippen molar-refractivity contribution in [2.24, 2.45) is 5.73 Å². The summed E-state index contributed by atoms with van der Waals surface area (Å²) in [5.74, 6) is -0.304. The molecule has 14 heavy (non-hydrogen) atoms. The molecule has 0 aliphatic rings. The predicted octanol–water partition coefficient (Wildman–Crippen LogP) is 3.59. The molecule has 0 saturated heterocycles. The fourth-order valence-corrected chi connectivity index (χ4v) is 1.58. The molecule has 0 aliphatic carbocycles. The van der Waals surface area contributed by atoms with Crippen LogP contribution in [0, 0.1) is 12.7 Å². The van der Waals surface area contributed by atoms with Gasteiger partial charge >= 0.3 is 0 Å². The summed E-state index contributed by atoms with van der Waals surface area (Å²) in [5, 5.41) is 0.454. The maximum absolute atomic E-state index is 13.4. The second kappa shape index (κ2) is 4.76. The van der Waals surface area contributed by atoms with E-state index in [2.05, 4.69) is 0 Å². The predicted molar refractivity (Wildman–Crippen MR) is 58.0 cm³/mol. The van der Waals surface area contributed by atoms with Crippen LogP contribution in [0.2, 0.25) is 5.02 Å². The van der Waals surface area contributed by atoms with Gasteiger partial charge < -0.3 is 5.73 Å². The van der Waals surface area contributed by atoms with Gasteiger partial charge in [0.1, 0.15) is 5.82 Å². The number of rotatable bonds is 3. The van der Waals surface area contributed by atoms with Crippen LogP contribution in [0.1, 0.15) is 36.9 Å². The normalized spacial score (nSPS) is 12.9. The van der Waals surface area contributed by atoms with Gasteiger partial charge in [0.05, 0.1) is 0 Å². The summed E-state index contributed by atoms with van der Waals surface area (Å²) in [4.78, 5) is 0. The number of hydrogen-bond acceptors (Lipinski definition) is 1. The fourth-order valence-electron chi connectivity index (χ4n) is 1.43. The zero-order chi connectivity index (χ0) is 10.7. The highest BCUT2D eigenvalue weighted by Crippen LogP contribution is 2.25. The molecule has 3 heteroatoms. The van der Waals surface area contributed by atoms with E-state index in [1.54, 1.807) is 6.07 Å². The van der Waals surface area contributed by atoms with Gasteiger partial charge in [0.15, 0.2) is 0 Å². The molecule has 0 aliphatic heterocycles. The Morgan fingerprint density at radius 1 is 1.50 bits per heavy atom. The van der Waals surface area contributed by atoms with E-state index in [0.29, 0.717) is 10.6 Å². The lowest BCUT2D eigenvalue weighted by Crippen LogP contribution is -2.12. The van der Waals surface area contributed by atoms with Crippen LogP contribution in [0.3, 0.4) is 0 Å². The first-order valence-corrected chi connectivity index (χ1v) is 5.15. The molecule has 0 unspecified atom stereocenters. The Labute approximate surface area is 89.1 Å². The van der Waals surface area contributed by atoms with Crippen molar-refractivity contribution in [2.45, 2.75) is 32.7 Å². The van der Waals surface area contributed by atoms with Crippen LogP contribution in [-0.4, -0.2) is 0 Å². The smallest absolute Gasteiger partial charge is 0.129 e. The van der Waals surface area contributed by atoms with Crippen molar-refractivity contribution in [3.63, 3.8) is 0 Å². The van der Waals surface area contributed by atoms with Gasteiger partial charge in [0, 0.05) is 16.6 Å². The number of hydrogen-bond donors (Lipinski definition) is 1. The Balaban J connectivity index is 3.02. The van der Waals surface area contributed by atoms with Crippen molar-refractivity contribution in [1.29, 1.82) is 0 Å². The molecule has 1 aromatic rings. The Kier molecular flexibility index (Phi) is 3.90. The summed E-state index contributed by atoms with van der Waals surface area (Å²) in [6, 6.07) is 2.84. The number of aryl methyl sites for hydroxylation is 1. The SMILES string of the molecule is CCC[C@H](N)c1cc(C)c(Cl)cc1F. The first-order chi connectivity index (χ1) is 6.56. The van der Waals surface area contributed by atoms with Gasteiger partial charge in [0.25, 0.3) is 0 Å². The summed E-state index contributed by atoms with van der Waals surface area (Å²) >= 11 is 5.79. The Morgan fingerprint density at radius 3 is 2.71 bits per heavy atom. The summed E-state index contributed by atoms with van der Waals surface area (Å²) in [6.45, 7) is 3.88. The van der Waals surface area contributed by atoms with Gasteiger partial charge in [-0.05, 0) is 25.0 Å². The molecule has 1 rings (SSSR count). The van der Waals surface area contributed by atoms with E-state index in [9.17, 15) is 4.39 Å². The zero-order valence-electron chi connectivity index (χ0n) is 8.48. The third-order valence-corrected chi connectivity index (χ3v) is 2.68. The molecular formula is C11H15ClFN. The van der Waals surface area contributed by atoms with Crippen LogP contribution >= 0.6 is 11.6 Å². The van der Waals surface area contributed by atoms with E-state index < -0.39 is 0 Å². The van der Waals surface area contributed by atoms with E-state index in [0.717, 1.165) is 18.4 Å². The minimum absolute atomic E-state index is 0.226. The Bertz CT molecular complexity index is 325. The van der Waals surface area contributed by atoms with Crippen molar-refractivity contribution in [1.82, 2.24) is 0 Å². The minimum Gasteiger partial charge on any atom is -0.324 e. The molecule has 0 amide bonds. The van der Waals surface area contributed by atoms with Crippen LogP contribution < -0.4 is 5.73 Å². The highest BCUT2D eigenvalue weighted by Gasteiger charge is 2.12. The molecule has 0 spiro atoms. The maximum atomic E-state index is 13.4. The third-order valence-electron chi connectivity index (χ3n) is 2.28. The highest BCUT2D eigenvalue weighted by molar-refractivity contribution is 6.31. The fraction of sp³-hybridized carbons (Fsp3) is 0.455. The van der Waals surface area contributed by atoms with Crippen LogP contribution in [0.15, 0.2) is 12.1 Å². The topological polar surface area (TPSA) is 26.0 Å². The number of halogens is 2. The van der Waals surface area contributed by atoms with Gasteiger partial charge in [-0.3, -0.25) is 0 Å².